The van der Waals surface area contributed by atoms with E-state index in [1.807, 2.05) is 24.3 Å². The summed E-state index contributed by atoms with van der Waals surface area (Å²) >= 11 is 0. The SMILES string of the molecule is O=C1Nc2cc([N+](=O)[O-])ccc2C1C1=NCc2ccccc2N1. The third-order valence-corrected chi connectivity index (χ3v) is 4.05. The average Bonchev–Trinajstić information content (AvgIpc) is 2.89. The molecular weight excluding hydrogens is 296 g/mol. The minimum atomic E-state index is -0.570. The first-order valence-corrected chi connectivity index (χ1v) is 7.12. The Labute approximate surface area is 131 Å². The first-order valence-electron chi connectivity index (χ1n) is 7.12. The Morgan fingerprint density at radius 1 is 1.13 bits per heavy atom. The molecule has 114 valence electrons. The number of rotatable bonds is 2. The summed E-state index contributed by atoms with van der Waals surface area (Å²) in [5.41, 5.74) is 3.12. The Kier molecular flexibility index (Phi) is 2.87. The number of para-hydroxylation sites is 1. The standard InChI is InChI=1S/C16H12N4O3/c21-16-14(11-6-5-10(20(22)23)7-13(11)19-16)15-17-8-9-3-1-2-4-12(9)18-15/h1-7,14H,8H2,(H,17,18)(H,19,21). The molecule has 2 aliphatic heterocycles. The van der Waals surface area contributed by atoms with E-state index in [1.165, 1.54) is 12.1 Å². The molecule has 2 N–H and O–H groups in total. The minimum Gasteiger partial charge on any atom is -0.343 e. The van der Waals surface area contributed by atoms with Crippen molar-refractivity contribution in [2.45, 2.75) is 12.5 Å². The fourth-order valence-electron chi connectivity index (χ4n) is 2.93. The number of hydrogen-bond donors (Lipinski definition) is 2. The molecule has 2 aromatic carbocycles. The van der Waals surface area contributed by atoms with Crippen LogP contribution in [0.25, 0.3) is 0 Å². The van der Waals surface area contributed by atoms with Crippen molar-refractivity contribution in [1.82, 2.24) is 0 Å². The van der Waals surface area contributed by atoms with Crippen LogP contribution in [0.3, 0.4) is 0 Å². The molecule has 0 spiro atoms. The van der Waals surface area contributed by atoms with Gasteiger partial charge in [0.05, 0.1) is 17.2 Å². The van der Waals surface area contributed by atoms with E-state index in [2.05, 4.69) is 15.6 Å². The fourth-order valence-corrected chi connectivity index (χ4v) is 2.93. The smallest absolute Gasteiger partial charge is 0.271 e. The number of aliphatic imine (C=N–C) groups is 1. The molecule has 4 rings (SSSR count). The van der Waals surface area contributed by atoms with E-state index < -0.39 is 10.8 Å². The Morgan fingerprint density at radius 2 is 1.96 bits per heavy atom. The maximum atomic E-state index is 12.3. The van der Waals surface area contributed by atoms with E-state index in [0.717, 1.165) is 11.3 Å². The molecule has 2 aromatic rings. The van der Waals surface area contributed by atoms with Crippen LogP contribution in [-0.4, -0.2) is 16.7 Å². The van der Waals surface area contributed by atoms with E-state index in [-0.39, 0.29) is 11.6 Å². The Hall–Kier alpha value is -3.22. The second-order valence-electron chi connectivity index (χ2n) is 5.43. The normalized spacial score (nSPS) is 18.3. The lowest BCUT2D eigenvalue weighted by Crippen LogP contribution is -2.29. The molecular formula is C16H12N4O3. The zero-order valence-electron chi connectivity index (χ0n) is 11.9. The topological polar surface area (TPSA) is 96.6 Å². The van der Waals surface area contributed by atoms with Crippen molar-refractivity contribution < 1.29 is 9.72 Å². The number of nitro benzene ring substituents is 1. The Morgan fingerprint density at radius 3 is 2.78 bits per heavy atom. The first-order chi connectivity index (χ1) is 11.1. The lowest BCUT2D eigenvalue weighted by molar-refractivity contribution is -0.384. The summed E-state index contributed by atoms with van der Waals surface area (Å²) in [5.74, 6) is -0.237. The minimum absolute atomic E-state index is 0.0476. The van der Waals surface area contributed by atoms with Crippen LogP contribution in [-0.2, 0) is 11.3 Å². The number of fused-ring (bicyclic) bond motifs is 2. The number of anilines is 2. The molecule has 1 atom stereocenters. The van der Waals surface area contributed by atoms with Crippen LogP contribution in [0.15, 0.2) is 47.5 Å². The first kappa shape index (κ1) is 13.4. The van der Waals surface area contributed by atoms with Gasteiger partial charge in [0.1, 0.15) is 11.8 Å². The van der Waals surface area contributed by atoms with Crippen molar-refractivity contribution in [1.29, 1.82) is 0 Å². The highest BCUT2D eigenvalue weighted by Gasteiger charge is 2.36. The number of non-ortho nitro benzene ring substituents is 1. The van der Waals surface area contributed by atoms with Crippen molar-refractivity contribution in [3.05, 3.63) is 63.7 Å². The van der Waals surface area contributed by atoms with Crippen molar-refractivity contribution in [3.8, 4) is 0 Å². The lowest BCUT2D eigenvalue weighted by Gasteiger charge is -2.21. The van der Waals surface area contributed by atoms with Gasteiger partial charge in [-0.1, -0.05) is 18.2 Å². The van der Waals surface area contributed by atoms with Crippen LogP contribution in [0.5, 0.6) is 0 Å². The van der Waals surface area contributed by atoms with Crippen LogP contribution >= 0.6 is 0 Å². The molecule has 2 aliphatic rings. The third-order valence-electron chi connectivity index (χ3n) is 4.05. The molecule has 0 fully saturated rings. The van der Waals surface area contributed by atoms with Crippen LogP contribution in [0.4, 0.5) is 17.1 Å². The molecule has 0 bridgehead atoms. The van der Waals surface area contributed by atoms with Crippen molar-refractivity contribution in [2.75, 3.05) is 10.6 Å². The molecule has 0 aliphatic carbocycles. The van der Waals surface area contributed by atoms with E-state index in [0.29, 0.717) is 23.6 Å². The summed E-state index contributed by atoms with van der Waals surface area (Å²) in [6.07, 6.45) is 0. The van der Waals surface area contributed by atoms with Crippen molar-refractivity contribution in [2.24, 2.45) is 4.99 Å². The number of carbonyl (C=O) groups is 1. The van der Waals surface area contributed by atoms with E-state index in [1.54, 1.807) is 6.07 Å². The molecule has 7 nitrogen and oxygen atoms in total. The zero-order chi connectivity index (χ0) is 16.0. The van der Waals surface area contributed by atoms with E-state index in [4.69, 9.17) is 0 Å². The number of amides is 1. The Bertz CT molecular complexity index is 875. The molecule has 2 heterocycles. The highest BCUT2D eigenvalue weighted by Crippen LogP contribution is 2.37. The van der Waals surface area contributed by atoms with Gasteiger partial charge in [-0.2, -0.15) is 0 Å². The van der Waals surface area contributed by atoms with Gasteiger partial charge in [-0.05, 0) is 23.3 Å². The number of hydrogen-bond acceptors (Lipinski definition) is 5. The summed E-state index contributed by atoms with van der Waals surface area (Å²) in [6, 6.07) is 12.2. The van der Waals surface area contributed by atoms with E-state index in [9.17, 15) is 14.9 Å². The molecule has 0 radical (unpaired) electrons. The average molecular weight is 308 g/mol. The van der Waals surface area contributed by atoms with Gasteiger partial charge in [-0.15, -0.1) is 0 Å². The van der Waals surface area contributed by atoms with Crippen LogP contribution < -0.4 is 10.6 Å². The molecule has 0 saturated carbocycles. The van der Waals surface area contributed by atoms with Crippen LogP contribution in [0.1, 0.15) is 17.0 Å². The van der Waals surface area contributed by atoms with Gasteiger partial charge in [0, 0.05) is 17.8 Å². The maximum absolute atomic E-state index is 12.3. The van der Waals surface area contributed by atoms with Crippen LogP contribution in [0, 0.1) is 10.1 Å². The summed E-state index contributed by atoms with van der Waals surface area (Å²) in [4.78, 5) is 27.2. The second kappa shape index (κ2) is 4.91. The van der Waals surface area contributed by atoms with Gasteiger partial charge in [-0.3, -0.25) is 19.9 Å². The molecule has 23 heavy (non-hydrogen) atoms. The number of nitrogens with one attached hydrogen (secondary N) is 2. The van der Waals surface area contributed by atoms with Crippen molar-refractivity contribution >= 4 is 28.8 Å². The largest absolute Gasteiger partial charge is 0.343 e. The second-order valence-corrected chi connectivity index (χ2v) is 5.43. The van der Waals surface area contributed by atoms with Crippen LogP contribution in [0.2, 0.25) is 0 Å². The number of nitro groups is 1. The van der Waals surface area contributed by atoms with Gasteiger partial charge >= 0.3 is 0 Å². The van der Waals surface area contributed by atoms with Crippen molar-refractivity contribution in [3.63, 3.8) is 0 Å². The summed E-state index contributed by atoms with van der Waals surface area (Å²) < 4.78 is 0. The Balaban J connectivity index is 1.71. The fraction of sp³-hybridized carbons (Fsp3) is 0.125. The van der Waals surface area contributed by atoms with Gasteiger partial charge < -0.3 is 10.6 Å². The highest BCUT2D eigenvalue weighted by molar-refractivity contribution is 6.21. The highest BCUT2D eigenvalue weighted by atomic mass is 16.6. The third kappa shape index (κ3) is 2.13. The molecule has 7 heteroatoms. The number of amidine groups is 1. The quantitative estimate of drug-likeness (QED) is 0.658. The predicted molar refractivity (Wildman–Crippen MR) is 85.7 cm³/mol. The molecule has 1 amide bonds. The summed E-state index contributed by atoms with van der Waals surface area (Å²) in [6.45, 7) is 0.505. The van der Waals surface area contributed by atoms with Gasteiger partial charge in [0.15, 0.2) is 0 Å². The van der Waals surface area contributed by atoms with Gasteiger partial charge in [-0.25, -0.2) is 0 Å². The van der Waals surface area contributed by atoms with E-state index >= 15 is 0 Å². The zero-order valence-corrected chi connectivity index (χ0v) is 11.9. The number of benzene rings is 2. The summed E-state index contributed by atoms with van der Waals surface area (Å²) in [5, 5.41) is 16.8. The molecule has 0 aromatic heterocycles. The number of nitrogens with zero attached hydrogens (tertiary/aromatic N) is 2. The number of carbonyl (C=O) groups excluding carboxylic acids is 1. The predicted octanol–water partition coefficient (Wildman–Crippen LogP) is 2.65. The summed E-state index contributed by atoms with van der Waals surface area (Å²) in [7, 11) is 0. The monoisotopic (exact) mass is 308 g/mol. The van der Waals surface area contributed by atoms with Gasteiger partial charge in [0.2, 0.25) is 5.91 Å². The maximum Gasteiger partial charge on any atom is 0.271 e. The van der Waals surface area contributed by atoms with Gasteiger partial charge in [0.25, 0.3) is 5.69 Å². The molecule has 0 saturated heterocycles. The molecule has 1 unspecified atom stereocenters. The lowest BCUT2D eigenvalue weighted by atomic mass is 9.97.